The summed E-state index contributed by atoms with van der Waals surface area (Å²) in [5.74, 6) is -0.494. The minimum Gasteiger partial charge on any atom is -0.481 e. The van der Waals surface area contributed by atoms with Gasteiger partial charge in [0.1, 0.15) is 5.67 Å². The maximum Gasteiger partial charge on any atom is 0.303 e. The van der Waals surface area contributed by atoms with E-state index in [1.54, 1.807) is 6.92 Å². The third-order valence-electron chi connectivity index (χ3n) is 3.66. The molecule has 2 atom stereocenters. The molecule has 0 aromatic heterocycles. The summed E-state index contributed by atoms with van der Waals surface area (Å²) in [5, 5.41) is 8.82. The van der Waals surface area contributed by atoms with Crippen molar-refractivity contribution in [3.8, 4) is 0 Å². The predicted molar refractivity (Wildman–Crippen MR) is 52.3 cm³/mol. The second-order valence-corrected chi connectivity index (χ2v) is 5.14. The van der Waals surface area contributed by atoms with Gasteiger partial charge in [-0.3, -0.25) is 4.79 Å². The molecule has 1 heterocycles. The zero-order chi connectivity index (χ0) is 11.1. The van der Waals surface area contributed by atoms with Gasteiger partial charge >= 0.3 is 5.97 Å². The lowest BCUT2D eigenvalue weighted by Gasteiger charge is -2.46. The van der Waals surface area contributed by atoms with E-state index in [1.807, 2.05) is 0 Å². The van der Waals surface area contributed by atoms with Gasteiger partial charge in [-0.05, 0) is 37.5 Å². The number of aliphatic carboxylic acids is 1. The lowest BCUT2D eigenvalue weighted by molar-refractivity contribution is -0.146. The maximum atomic E-state index is 13.9. The van der Waals surface area contributed by atoms with Gasteiger partial charge in [0.05, 0.1) is 0 Å². The predicted octanol–water partition coefficient (Wildman–Crippen LogP) is 1.86. The molecule has 1 aliphatic heterocycles. The summed E-state index contributed by atoms with van der Waals surface area (Å²) in [6.07, 6.45) is 1.05. The highest BCUT2D eigenvalue weighted by Crippen LogP contribution is 2.46. The second-order valence-electron chi connectivity index (χ2n) is 5.14. The van der Waals surface area contributed by atoms with Crippen LogP contribution in [0.1, 0.15) is 26.2 Å². The fraction of sp³-hybridized carbons (Fsp3) is 0.909. The molecule has 2 fully saturated rings. The average molecular weight is 216 g/mol. The Kier molecular flexibility index (Phi) is 2.71. The number of hydrogen-bond acceptors (Lipinski definition) is 2. The Morgan fingerprint density at radius 3 is 2.47 bits per heavy atom. The number of halogens is 1. The van der Waals surface area contributed by atoms with Crippen molar-refractivity contribution in [1.82, 2.24) is 0 Å². The molecule has 0 aromatic carbocycles. The van der Waals surface area contributed by atoms with Crippen LogP contribution in [0.2, 0.25) is 0 Å². The Balaban J connectivity index is 2.10. The average Bonchev–Trinajstić information content (AvgIpc) is 2.05. The number of rotatable bonds is 2. The highest BCUT2D eigenvalue weighted by Gasteiger charge is 2.46. The van der Waals surface area contributed by atoms with E-state index in [4.69, 9.17) is 9.84 Å². The Morgan fingerprint density at radius 1 is 1.47 bits per heavy atom. The normalized spacial score (nSPS) is 45.1. The van der Waals surface area contributed by atoms with E-state index in [1.165, 1.54) is 0 Å². The van der Waals surface area contributed by atoms with Crippen LogP contribution in [0.25, 0.3) is 0 Å². The van der Waals surface area contributed by atoms with E-state index in [2.05, 4.69) is 0 Å². The Hall–Kier alpha value is -0.640. The lowest BCUT2D eigenvalue weighted by Crippen LogP contribution is -2.47. The number of carbonyl (C=O) groups is 1. The van der Waals surface area contributed by atoms with Crippen LogP contribution in [0, 0.1) is 17.8 Å². The molecule has 0 aromatic rings. The molecule has 3 nitrogen and oxygen atoms in total. The van der Waals surface area contributed by atoms with Crippen molar-refractivity contribution < 1.29 is 19.0 Å². The minimum atomic E-state index is -1.13. The summed E-state index contributed by atoms with van der Waals surface area (Å²) >= 11 is 0. The fourth-order valence-corrected chi connectivity index (χ4v) is 3.14. The molecule has 2 unspecified atom stereocenters. The van der Waals surface area contributed by atoms with Crippen LogP contribution >= 0.6 is 0 Å². The van der Waals surface area contributed by atoms with Gasteiger partial charge in [-0.15, -0.1) is 0 Å². The highest BCUT2D eigenvalue weighted by atomic mass is 19.1. The summed E-state index contributed by atoms with van der Waals surface area (Å²) in [7, 11) is 0. The van der Waals surface area contributed by atoms with Crippen molar-refractivity contribution in [2.45, 2.75) is 31.9 Å². The molecule has 1 saturated heterocycles. The first-order valence-corrected chi connectivity index (χ1v) is 5.46. The van der Waals surface area contributed by atoms with Crippen molar-refractivity contribution in [3.05, 3.63) is 0 Å². The van der Waals surface area contributed by atoms with Crippen LogP contribution < -0.4 is 0 Å². The Labute approximate surface area is 88.6 Å². The van der Waals surface area contributed by atoms with Gasteiger partial charge in [0.15, 0.2) is 0 Å². The van der Waals surface area contributed by atoms with Gasteiger partial charge < -0.3 is 9.84 Å². The van der Waals surface area contributed by atoms with Crippen LogP contribution in [0.3, 0.4) is 0 Å². The first-order chi connectivity index (χ1) is 6.98. The van der Waals surface area contributed by atoms with E-state index < -0.39 is 11.6 Å². The molecule has 0 amide bonds. The summed E-state index contributed by atoms with van der Waals surface area (Å²) in [6.45, 7) is 2.66. The Morgan fingerprint density at radius 2 is 2.00 bits per heavy atom. The molecule has 2 aliphatic rings. The summed E-state index contributed by atoms with van der Waals surface area (Å²) in [6, 6.07) is 0. The molecule has 0 spiro atoms. The van der Waals surface area contributed by atoms with Crippen LogP contribution in [-0.4, -0.2) is 30.0 Å². The minimum absolute atomic E-state index is 0.0867. The molecule has 4 heteroatoms. The highest BCUT2D eigenvalue weighted by molar-refractivity contribution is 5.67. The van der Waals surface area contributed by atoms with Gasteiger partial charge in [0.2, 0.25) is 0 Å². The van der Waals surface area contributed by atoms with E-state index in [9.17, 15) is 9.18 Å². The Bertz CT molecular complexity index is 249. The molecular weight excluding hydrogens is 199 g/mol. The van der Waals surface area contributed by atoms with Crippen molar-refractivity contribution >= 4 is 5.97 Å². The van der Waals surface area contributed by atoms with Crippen molar-refractivity contribution in [2.75, 3.05) is 13.2 Å². The van der Waals surface area contributed by atoms with Crippen LogP contribution in [0.15, 0.2) is 0 Å². The zero-order valence-electron chi connectivity index (χ0n) is 8.91. The lowest BCUT2D eigenvalue weighted by atomic mass is 9.65. The number of carboxylic acid groups (broad SMARTS) is 1. The topological polar surface area (TPSA) is 46.5 Å². The van der Waals surface area contributed by atoms with Gasteiger partial charge in [-0.2, -0.15) is 0 Å². The second kappa shape index (κ2) is 3.74. The van der Waals surface area contributed by atoms with Gasteiger partial charge in [-0.1, -0.05) is 0 Å². The third-order valence-corrected chi connectivity index (χ3v) is 3.66. The largest absolute Gasteiger partial charge is 0.481 e. The molecule has 2 bridgehead atoms. The van der Waals surface area contributed by atoms with Gasteiger partial charge in [0, 0.05) is 19.6 Å². The molecule has 1 saturated carbocycles. The van der Waals surface area contributed by atoms with E-state index in [0.717, 1.165) is 0 Å². The first kappa shape index (κ1) is 10.9. The number of hydrogen-bond donors (Lipinski definition) is 1. The van der Waals surface area contributed by atoms with Gasteiger partial charge in [-0.25, -0.2) is 4.39 Å². The van der Waals surface area contributed by atoms with Crippen LogP contribution in [0.5, 0.6) is 0 Å². The molecule has 2 rings (SSSR count). The maximum absolute atomic E-state index is 13.9. The van der Waals surface area contributed by atoms with E-state index >= 15 is 0 Å². The fourth-order valence-electron chi connectivity index (χ4n) is 3.14. The number of fused-ring (bicyclic) bond motifs is 2. The molecule has 15 heavy (non-hydrogen) atoms. The smallest absolute Gasteiger partial charge is 0.303 e. The van der Waals surface area contributed by atoms with Crippen LogP contribution in [0.4, 0.5) is 4.39 Å². The summed E-state index contributed by atoms with van der Waals surface area (Å²) in [4.78, 5) is 10.7. The van der Waals surface area contributed by atoms with Gasteiger partial charge in [0.25, 0.3) is 0 Å². The number of carboxylic acids is 1. The molecule has 1 aliphatic carbocycles. The van der Waals surface area contributed by atoms with Crippen molar-refractivity contribution in [1.29, 1.82) is 0 Å². The van der Waals surface area contributed by atoms with Crippen molar-refractivity contribution in [2.24, 2.45) is 17.8 Å². The standard InChI is InChI=1S/C11H17FO3/c1-11(12)3-7-5-15-6-8(4-11)9(7)2-10(13)14/h7-9H,2-6H2,1H3,(H,13,14). The van der Waals surface area contributed by atoms with E-state index in [0.29, 0.717) is 26.1 Å². The van der Waals surface area contributed by atoms with Crippen molar-refractivity contribution in [3.63, 3.8) is 0 Å². The SMILES string of the molecule is CC1(F)CC2COCC(C1)C2CC(=O)O. The monoisotopic (exact) mass is 216 g/mol. The summed E-state index contributed by atoms with van der Waals surface area (Å²) < 4.78 is 19.3. The molecule has 86 valence electrons. The third kappa shape index (κ3) is 2.30. The van der Waals surface area contributed by atoms with E-state index in [-0.39, 0.29) is 24.2 Å². The quantitative estimate of drug-likeness (QED) is 0.766. The molecular formula is C11H17FO3. The summed E-state index contributed by atoms with van der Waals surface area (Å²) in [5.41, 5.74) is -1.13. The number of ether oxygens (including phenoxy) is 1. The van der Waals surface area contributed by atoms with Crippen LogP contribution in [-0.2, 0) is 9.53 Å². The molecule has 0 radical (unpaired) electrons. The zero-order valence-corrected chi connectivity index (χ0v) is 8.91. The first-order valence-electron chi connectivity index (χ1n) is 5.46. The number of alkyl halides is 1. The molecule has 1 N–H and O–H groups in total.